The molecule has 3 nitrogen and oxygen atoms in total. The predicted octanol–water partition coefficient (Wildman–Crippen LogP) is 13.4. The third-order valence-electron chi connectivity index (χ3n) is 10.0. The third-order valence-corrected chi connectivity index (χ3v) is 10.0. The molecule has 240 valence electrons. The number of fused-ring (bicyclic) bond motifs is 13. The molecule has 51 heavy (non-hydrogen) atoms. The molecular weight excluding hydrogens is 619 g/mol. The number of hydrogen-bond donors (Lipinski definition) is 0. The fourth-order valence-corrected chi connectivity index (χ4v) is 7.78. The highest BCUT2D eigenvalue weighted by Gasteiger charge is 2.23. The first-order chi connectivity index (χ1) is 25.3. The first-order valence-electron chi connectivity index (χ1n) is 17.4. The minimum Gasteiger partial charge on any atom is -0.310 e. The van der Waals surface area contributed by atoms with Crippen LogP contribution >= 0.6 is 0 Å². The number of hydrogen-bond acceptors (Lipinski definition) is 2. The molecule has 9 aromatic rings. The number of benzene rings is 8. The minimum atomic E-state index is 1.10. The van der Waals surface area contributed by atoms with E-state index in [2.05, 4.69) is 215 Å². The van der Waals surface area contributed by atoms with Gasteiger partial charge in [0.05, 0.1) is 16.7 Å². The topological polar surface area (TPSA) is 11.4 Å². The monoisotopic (exact) mass is 651 g/mol. The SMILES string of the molecule is c1ccc(N2c3cccc(c3)-c3cccc(c3)N(c3cccc4c5ccccc5n(-c5ccccc5)c34)c3cccc(c3)-c3cccc2c3)cc1. The number of nitrogens with zero attached hydrogens (tertiary/aromatic N) is 3. The molecule has 8 bridgehead atoms. The Morgan fingerprint density at radius 2 is 0.686 bits per heavy atom. The van der Waals surface area contributed by atoms with Crippen LogP contribution in [-0.4, -0.2) is 4.57 Å². The summed E-state index contributed by atoms with van der Waals surface area (Å²) < 4.78 is 2.42. The van der Waals surface area contributed by atoms with Gasteiger partial charge in [0.15, 0.2) is 0 Å². The number of anilines is 6. The zero-order valence-electron chi connectivity index (χ0n) is 27.9. The lowest BCUT2D eigenvalue weighted by Gasteiger charge is -2.29. The average molecular weight is 652 g/mol. The van der Waals surface area contributed by atoms with Crippen LogP contribution < -0.4 is 9.80 Å². The molecule has 10 rings (SSSR count). The first kappa shape index (κ1) is 29.1. The quantitative estimate of drug-likeness (QED) is 0.188. The van der Waals surface area contributed by atoms with E-state index in [9.17, 15) is 0 Å². The summed E-state index contributed by atoms with van der Waals surface area (Å²) in [6, 6.07) is 72.6. The minimum absolute atomic E-state index is 1.10. The zero-order valence-corrected chi connectivity index (χ0v) is 27.9. The van der Waals surface area contributed by atoms with Gasteiger partial charge in [-0.3, -0.25) is 0 Å². The molecule has 0 saturated heterocycles. The van der Waals surface area contributed by atoms with Gasteiger partial charge < -0.3 is 14.4 Å². The molecule has 8 aromatic carbocycles. The summed E-state index contributed by atoms with van der Waals surface area (Å²) in [5, 5.41) is 2.46. The first-order valence-corrected chi connectivity index (χ1v) is 17.4. The molecule has 0 fully saturated rings. The van der Waals surface area contributed by atoms with E-state index < -0.39 is 0 Å². The Bertz CT molecular complexity index is 2620. The second kappa shape index (κ2) is 11.9. The maximum Gasteiger partial charge on any atom is 0.0782 e. The average Bonchev–Trinajstić information content (AvgIpc) is 3.54. The molecule has 0 atom stereocenters. The molecule has 0 radical (unpaired) electrons. The van der Waals surface area contributed by atoms with Crippen molar-refractivity contribution in [1.82, 2.24) is 4.57 Å². The van der Waals surface area contributed by atoms with E-state index in [1.807, 2.05) is 0 Å². The van der Waals surface area contributed by atoms with Gasteiger partial charge in [-0.05, 0) is 107 Å². The van der Waals surface area contributed by atoms with Gasteiger partial charge in [-0.15, -0.1) is 0 Å². The summed E-state index contributed by atoms with van der Waals surface area (Å²) in [5.41, 5.74) is 14.8. The molecule has 3 heteroatoms. The van der Waals surface area contributed by atoms with E-state index in [1.165, 1.54) is 21.8 Å². The molecule has 1 aliphatic rings. The predicted molar refractivity (Wildman–Crippen MR) is 215 cm³/mol. The fourth-order valence-electron chi connectivity index (χ4n) is 7.78. The van der Waals surface area contributed by atoms with Crippen molar-refractivity contribution in [3.8, 4) is 27.9 Å². The van der Waals surface area contributed by atoms with Crippen LogP contribution in [0.25, 0.3) is 49.7 Å². The van der Waals surface area contributed by atoms with Crippen LogP contribution in [0.1, 0.15) is 0 Å². The van der Waals surface area contributed by atoms with Gasteiger partial charge in [-0.2, -0.15) is 0 Å². The van der Waals surface area contributed by atoms with Crippen molar-refractivity contribution in [3.05, 3.63) is 200 Å². The van der Waals surface area contributed by atoms with Crippen molar-refractivity contribution in [2.24, 2.45) is 0 Å². The molecule has 0 unspecified atom stereocenters. The van der Waals surface area contributed by atoms with Crippen LogP contribution in [0.15, 0.2) is 200 Å². The van der Waals surface area contributed by atoms with Crippen molar-refractivity contribution in [3.63, 3.8) is 0 Å². The smallest absolute Gasteiger partial charge is 0.0782 e. The number of rotatable bonds is 3. The number of para-hydroxylation sites is 4. The Labute approximate surface area is 297 Å². The summed E-state index contributed by atoms with van der Waals surface area (Å²) in [7, 11) is 0. The summed E-state index contributed by atoms with van der Waals surface area (Å²) >= 11 is 0. The molecule has 0 spiro atoms. The second-order valence-corrected chi connectivity index (χ2v) is 13.1. The van der Waals surface area contributed by atoms with Crippen LogP contribution in [0.2, 0.25) is 0 Å². The Hall–Kier alpha value is -6.84. The van der Waals surface area contributed by atoms with Gasteiger partial charge in [-0.25, -0.2) is 0 Å². The van der Waals surface area contributed by atoms with Crippen molar-refractivity contribution in [1.29, 1.82) is 0 Å². The van der Waals surface area contributed by atoms with Gasteiger partial charge in [0, 0.05) is 44.9 Å². The van der Waals surface area contributed by atoms with Gasteiger partial charge in [0.2, 0.25) is 0 Å². The van der Waals surface area contributed by atoms with Gasteiger partial charge in [0.25, 0.3) is 0 Å². The van der Waals surface area contributed by atoms with Crippen LogP contribution in [0.3, 0.4) is 0 Å². The van der Waals surface area contributed by atoms with E-state index in [4.69, 9.17) is 0 Å². The Balaban J connectivity index is 1.28. The Morgan fingerprint density at radius 3 is 1.24 bits per heavy atom. The summed E-state index contributed by atoms with van der Waals surface area (Å²) in [5.74, 6) is 0. The van der Waals surface area contributed by atoms with Crippen LogP contribution in [0.4, 0.5) is 34.1 Å². The van der Waals surface area contributed by atoms with E-state index in [1.54, 1.807) is 0 Å². The van der Waals surface area contributed by atoms with Crippen molar-refractivity contribution < 1.29 is 0 Å². The number of aromatic nitrogens is 1. The second-order valence-electron chi connectivity index (χ2n) is 13.1. The Morgan fingerprint density at radius 1 is 0.275 bits per heavy atom. The maximum absolute atomic E-state index is 2.43. The standard InChI is InChI=1S/C48H33N3/c1-3-18-38(19-4-1)49-40-22-9-14-34(30-40)36-16-11-24-42(32-36)50(43-25-12-17-37(33-43)35-15-10-23-41(49)31-35)47-29-13-27-45-44-26-7-8-28-46(44)51(48(45)47)39-20-5-2-6-21-39/h1-33H. The Kier molecular flexibility index (Phi) is 6.81. The third kappa shape index (κ3) is 4.90. The van der Waals surface area contributed by atoms with Crippen molar-refractivity contribution >= 4 is 55.9 Å². The van der Waals surface area contributed by atoms with Crippen LogP contribution in [0, 0.1) is 0 Å². The molecule has 2 heterocycles. The van der Waals surface area contributed by atoms with Gasteiger partial charge >= 0.3 is 0 Å². The van der Waals surface area contributed by atoms with Crippen molar-refractivity contribution in [2.45, 2.75) is 0 Å². The molecule has 1 aliphatic heterocycles. The maximum atomic E-state index is 2.43. The highest BCUT2D eigenvalue weighted by Crippen LogP contribution is 2.46. The lowest BCUT2D eigenvalue weighted by Crippen LogP contribution is -2.12. The molecule has 0 saturated carbocycles. The summed E-state index contributed by atoms with van der Waals surface area (Å²) in [6.45, 7) is 0. The van der Waals surface area contributed by atoms with Crippen molar-refractivity contribution in [2.75, 3.05) is 9.80 Å². The summed E-state index contributed by atoms with van der Waals surface area (Å²) in [4.78, 5) is 4.78. The van der Waals surface area contributed by atoms with E-state index in [0.717, 1.165) is 62.1 Å². The van der Waals surface area contributed by atoms with Crippen LogP contribution in [0.5, 0.6) is 0 Å². The van der Waals surface area contributed by atoms with Gasteiger partial charge in [0.1, 0.15) is 0 Å². The highest BCUT2D eigenvalue weighted by molar-refractivity contribution is 6.14. The lowest BCUT2D eigenvalue weighted by molar-refractivity contribution is 1.17. The van der Waals surface area contributed by atoms with Gasteiger partial charge in [-0.1, -0.05) is 115 Å². The lowest BCUT2D eigenvalue weighted by atomic mass is 10.00. The normalized spacial score (nSPS) is 12.2. The molecular formula is C48H33N3. The largest absolute Gasteiger partial charge is 0.310 e. The van der Waals surface area contributed by atoms with Crippen LogP contribution in [-0.2, 0) is 0 Å². The molecule has 0 N–H and O–H groups in total. The van der Waals surface area contributed by atoms with E-state index >= 15 is 0 Å². The highest BCUT2D eigenvalue weighted by atomic mass is 15.2. The molecule has 0 amide bonds. The summed E-state index contributed by atoms with van der Waals surface area (Å²) in [6.07, 6.45) is 0. The molecule has 0 aliphatic carbocycles. The zero-order chi connectivity index (χ0) is 33.7. The molecule has 1 aromatic heterocycles. The van der Waals surface area contributed by atoms with E-state index in [0.29, 0.717) is 0 Å². The fraction of sp³-hybridized carbons (Fsp3) is 0. The van der Waals surface area contributed by atoms with E-state index in [-0.39, 0.29) is 0 Å².